The van der Waals surface area contributed by atoms with Gasteiger partial charge in [-0.2, -0.15) is 5.21 Å². The highest BCUT2D eigenvalue weighted by Crippen LogP contribution is 2.25. The fourth-order valence-electron chi connectivity index (χ4n) is 3.71. The van der Waals surface area contributed by atoms with E-state index in [1.54, 1.807) is 0 Å². The fourth-order valence-corrected chi connectivity index (χ4v) is 3.71. The van der Waals surface area contributed by atoms with Gasteiger partial charge in [-0.15, -0.1) is 10.2 Å². The molecule has 1 N–H and O–H groups in total. The van der Waals surface area contributed by atoms with Gasteiger partial charge < -0.3 is 9.64 Å². The number of tetrazole rings is 1. The lowest BCUT2D eigenvalue weighted by molar-refractivity contribution is -0.148. The van der Waals surface area contributed by atoms with Crippen molar-refractivity contribution in [3.05, 3.63) is 5.82 Å². The van der Waals surface area contributed by atoms with Crippen molar-refractivity contribution in [2.24, 2.45) is 0 Å². The summed E-state index contributed by atoms with van der Waals surface area (Å²) in [6, 6.07) is 0. The summed E-state index contributed by atoms with van der Waals surface area (Å²) in [5.74, 6) is 0.985. The van der Waals surface area contributed by atoms with Gasteiger partial charge in [0.15, 0.2) is 5.82 Å². The highest BCUT2D eigenvalue weighted by atomic mass is 16.5. The molecule has 128 valence electrons. The smallest absolute Gasteiger partial charge is 0.251 e. The maximum Gasteiger partial charge on any atom is 0.251 e. The number of ether oxygens (including phenoxy) is 1. The zero-order chi connectivity index (χ0) is 16.1. The summed E-state index contributed by atoms with van der Waals surface area (Å²) in [6.45, 7) is 3.35. The number of aromatic amines is 1. The number of rotatable bonds is 4. The Balaban J connectivity index is 1.53. The molecule has 0 bridgehead atoms. The van der Waals surface area contributed by atoms with Gasteiger partial charge in [0, 0.05) is 19.0 Å². The van der Waals surface area contributed by atoms with Gasteiger partial charge in [-0.05, 0) is 32.6 Å². The van der Waals surface area contributed by atoms with Crippen LogP contribution >= 0.6 is 0 Å². The molecule has 1 amide bonds. The third-order valence-corrected chi connectivity index (χ3v) is 5.01. The van der Waals surface area contributed by atoms with E-state index in [4.69, 9.17) is 4.74 Å². The van der Waals surface area contributed by atoms with E-state index in [1.165, 1.54) is 25.7 Å². The molecule has 2 heterocycles. The molecule has 1 saturated carbocycles. The minimum absolute atomic E-state index is 0.0995. The molecule has 1 aliphatic carbocycles. The first kappa shape index (κ1) is 16.4. The largest absolute Gasteiger partial charge is 0.365 e. The van der Waals surface area contributed by atoms with Crippen LogP contribution in [-0.2, 0) is 9.53 Å². The predicted octanol–water partition coefficient (Wildman–Crippen LogP) is 2.03. The predicted molar refractivity (Wildman–Crippen MR) is 84.8 cm³/mol. The molecule has 2 fully saturated rings. The van der Waals surface area contributed by atoms with Crippen molar-refractivity contribution in [3.63, 3.8) is 0 Å². The van der Waals surface area contributed by atoms with Crippen LogP contribution in [0.2, 0.25) is 0 Å². The molecule has 1 aromatic rings. The summed E-state index contributed by atoms with van der Waals surface area (Å²) in [5.41, 5.74) is 0. The summed E-state index contributed by atoms with van der Waals surface area (Å²) in [7, 11) is 0. The second-order valence-corrected chi connectivity index (χ2v) is 6.79. The standard InChI is InChI=1S/C16H27N5O2/c1-12(23-14-8-4-2-3-5-9-14)16(22)21-10-6-7-13(11-21)15-17-19-20-18-15/h12-14H,2-11H2,1H3,(H,17,18,19,20)/t12-,13+/m0/s1. The zero-order valence-electron chi connectivity index (χ0n) is 13.9. The zero-order valence-corrected chi connectivity index (χ0v) is 13.9. The Morgan fingerprint density at radius 1 is 1.22 bits per heavy atom. The molecular formula is C16H27N5O2. The number of carbonyl (C=O) groups excluding carboxylic acids is 1. The minimum Gasteiger partial charge on any atom is -0.365 e. The lowest BCUT2D eigenvalue weighted by Gasteiger charge is -2.33. The van der Waals surface area contributed by atoms with Gasteiger partial charge in [-0.3, -0.25) is 4.79 Å². The number of hydrogen-bond acceptors (Lipinski definition) is 5. The van der Waals surface area contributed by atoms with Crippen LogP contribution in [0.5, 0.6) is 0 Å². The van der Waals surface area contributed by atoms with Gasteiger partial charge in [0.1, 0.15) is 6.10 Å². The molecule has 23 heavy (non-hydrogen) atoms. The van der Waals surface area contributed by atoms with Crippen LogP contribution in [-0.4, -0.2) is 56.7 Å². The molecule has 7 nitrogen and oxygen atoms in total. The number of piperidine rings is 1. The number of carbonyl (C=O) groups is 1. The first-order valence-corrected chi connectivity index (χ1v) is 8.91. The highest BCUT2D eigenvalue weighted by Gasteiger charge is 2.30. The molecule has 1 saturated heterocycles. The first-order valence-electron chi connectivity index (χ1n) is 8.91. The SMILES string of the molecule is C[C@H](OC1CCCCCC1)C(=O)N1CCC[C@@H](c2nn[nH]n2)C1. The number of aromatic nitrogens is 4. The molecular weight excluding hydrogens is 294 g/mol. The van der Waals surface area contributed by atoms with Crippen LogP contribution in [0.4, 0.5) is 0 Å². The summed E-state index contributed by atoms with van der Waals surface area (Å²) in [5, 5.41) is 14.3. The lowest BCUT2D eigenvalue weighted by Crippen LogP contribution is -2.45. The lowest BCUT2D eigenvalue weighted by atomic mass is 9.97. The van der Waals surface area contributed by atoms with Gasteiger partial charge in [0.2, 0.25) is 0 Å². The van der Waals surface area contributed by atoms with E-state index in [-0.39, 0.29) is 24.0 Å². The third kappa shape index (κ3) is 4.28. The van der Waals surface area contributed by atoms with Gasteiger partial charge in [-0.1, -0.05) is 30.9 Å². The molecule has 2 atom stereocenters. The van der Waals surface area contributed by atoms with E-state index in [9.17, 15) is 4.79 Å². The maximum atomic E-state index is 12.7. The van der Waals surface area contributed by atoms with Crippen LogP contribution in [0, 0.1) is 0 Å². The highest BCUT2D eigenvalue weighted by molar-refractivity contribution is 5.80. The summed E-state index contributed by atoms with van der Waals surface area (Å²) < 4.78 is 6.07. The van der Waals surface area contributed by atoms with Crippen molar-refractivity contribution in [1.82, 2.24) is 25.5 Å². The Morgan fingerprint density at radius 2 is 2.00 bits per heavy atom. The van der Waals surface area contributed by atoms with Crippen LogP contribution in [0.25, 0.3) is 0 Å². The normalized spacial score (nSPS) is 25.1. The Bertz CT molecular complexity index is 485. The van der Waals surface area contributed by atoms with Crippen molar-refractivity contribution in [2.75, 3.05) is 13.1 Å². The molecule has 2 aliphatic rings. The summed E-state index contributed by atoms with van der Waals surface area (Å²) in [4.78, 5) is 14.6. The Hall–Kier alpha value is -1.50. The molecule has 1 aromatic heterocycles. The quantitative estimate of drug-likeness (QED) is 0.858. The van der Waals surface area contributed by atoms with Crippen molar-refractivity contribution < 1.29 is 9.53 Å². The average molecular weight is 321 g/mol. The third-order valence-electron chi connectivity index (χ3n) is 5.01. The number of nitrogens with one attached hydrogen (secondary N) is 1. The van der Waals surface area contributed by atoms with E-state index >= 15 is 0 Å². The Morgan fingerprint density at radius 3 is 2.70 bits per heavy atom. The molecule has 0 unspecified atom stereocenters. The van der Waals surface area contributed by atoms with Gasteiger partial charge >= 0.3 is 0 Å². The maximum absolute atomic E-state index is 12.7. The minimum atomic E-state index is -0.359. The van der Waals surface area contributed by atoms with Gasteiger partial charge in [0.25, 0.3) is 5.91 Å². The summed E-state index contributed by atoms with van der Waals surface area (Å²) in [6.07, 6.45) is 9.05. The number of amides is 1. The molecule has 0 radical (unpaired) electrons. The number of hydrogen-bond donors (Lipinski definition) is 1. The Labute approximate surface area is 137 Å². The van der Waals surface area contributed by atoms with E-state index in [0.29, 0.717) is 12.4 Å². The van der Waals surface area contributed by atoms with Crippen molar-refractivity contribution in [2.45, 2.75) is 76.4 Å². The van der Waals surface area contributed by atoms with E-state index < -0.39 is 0 Å². The first-order chi connectivity index (χ1) is 11.2. The molecule has 1 aliphatic heterocycles. The van der Waals surface area contributed by atoms with Gasteiger partial charge in [0.05, 0.1) is 6.10 Å². The second kappa shape index (κ2) is 7.86. The molecule has 0 spiro atoms. The van der Waals surface area contributed by atoms with E-state index in [0.717, 1.165) is 32.2 Å². The van der Waals surface area contributed by atoms with Crippen molar-refractivity contribution in [1.29, 1.82) is 0 Å². The number of nitrogens with zero attached hydrogens (tertiary/aromatic N) is 4. The average Bonchev–Trinajstić information content (AvgIpc) is 3.00. The van der Waals surface area contributed by atoms with Gasteiger partial charge in [-0.25, -0.2) is 0 Å². The van der Waals surface area contributed by atoms with Crippen LogP contribution in [0.1, 0.15) is 70.0 Å². The topological polar surface area (TPSA) is 84.0 Å². The van der Waals surface area contributed by atoms with E-state index in [1.807, 2.05) is 11.8 Å². The molecule has 7 heteroatoms. The van der Waals surface area contributed by atoms with Crippen molar-refractivity contribution >= 4 is 5.91 Å². The fraction of sp³-hybridized carbons (Fsp3) is 0.875. The van der Waals surface area contributed by atoms with Crippen LogP contribution in [0.15, 0.2) is 0 Å². The summed E-state index contributed by atoms with van der Waals surface area (Å²) >= 11 is 0. The van der Waals surface area contributed by atoms with E-state index in [2.05, 4.69) is 20.6 Å². The monoisotopic (exact) mass is 321 g/mol. The van der Waals surface area contributed by atoms with Crippen LogP contribution < -0.4 is 0 Å². The molecule has 3 rings (SSSR count). The Kier molecular flexibility index (Phi) is 5.59. The number of H-pyrrole nitrogens is 1. The van der Waals surface area contributed by atoms with Crippen LogP contribution in [0.3, 0.4) is 0 Å². The molecule has 0 aromatic carbocycles. The van der Waals surface area contributed by atoms with Crippen molar-refractivity contribution in [3.8, 4) is 0 Å². The second-order valence-electron chi connectivity index (χ2n) is 6.79. The number of likely N-dealkylation sites (tertiary alicyclic amines) is 1.